The Balaban J connectivity index is 1.91. The fourth-order valence-electron chi connectivity index (χ4n) is 4.16. The first-order valence-corrected chi connectivity index (χ1v) is 8.57. The van der Waals surface area contributed by atoms with E-state index in [9.17, 15) is 10.0 Å². The van der Waals surface area contributed by atoms with E-state index in [2.05, 4.69) is 52.4 Å². The van der Waals surface area contributed by atoms with Crippen LogP contribution in [0.4, 0.5) is 5.69 Å². The van der Waals surface area contributed by atoms with Crippen LogP contribution < -0.4 is 0 Å². The average molecular weight is 343 g/mol. The molecule has 0 radical (unpaired) electrons. The molecule has 5 heteroatoms. The Morgan fingerprint density at radius 2 is 1.77 bits per heavy atom. The van der Waals surface area contributed by atoms with Crippen LogP contribution in [-0.2, 0) is 13.1 Å². The molecule has 128 valence electrons. The Morgan fingerprint density at radius 1 is 1.00 bits per heavy atom. The third-order valence-corrected chi connectivity index (χ3v) is 5.30. The molecule has 0 saturated heterocycles. The van der Waals surface area contributed by atoms with Crippen LogP contribution in [0.15, 0.2) is 53.7 Å². The van der Waals surface area contributed by atoms with Crippen LogP contribution in [0.1, 0.15) is 11.1 Å². The number of H-pyrrole nitrogens is 1. The Bertz CT molecular complexity index is 1190. The molecule has 3 aromatic carbocycles. The van der Waals surface area contributed by atoms with Crippen molar-refractivity contribution in [2.75, 3.05) is 7.05 Å². The van der Waals surface area contributed by atoms with Crippen LogP contribution >= 0.6 is 0 Å². The van der Waals surface area contributed by atoms with E-state index in [1.54, 1.807) is 0 Å². The number of hydrogen-bond donors (Lipinski definition) is 2. The topological polar surface area (TPSA) is 68.7 Å². The van der Waals surface area contributed by atoms with E-state index < -0.39 is 0 Å². The molecule has 26 heavy (non-hydrogen) atoms. The third kappa shape index (κ3) is 2.01. The van der Waals surface area contributed by atoms with Gasteiger partial charge in [-0.2, -0.15) is 0 Å². The van der Waals surface area contributed by atoms with E-state index in [0.29, 0.717) is 5.39 Å². The molecule has 0 bridgehead atoms. The van der Waals surface area contributed by atoms with Gasteiger partial charge in [0.25, 0.3) is 0 Å². The summed E-state index contributed by atoms with van der Waals surface area (Å²) in [6.45, 7) is 1.59. The van der Waals surface area contributed by atoms with Gasteiger partial charge in [0.2, 0.25) is 5.88 Å². The molecule has 5 nitrogen and oxygen atoms in total. The maximum Gasteiger partial charge on any atom is 0.219 e. The highest BCUT2D eigenvalue weighted by Crippen LogP contribution is 2.45. The van der Waals surface area contributed by atoms with Gasteiger partial charge in [-0.3, -0.25) is 4.90 Å². The quantitative estimate of drug-likeness (QED) is 0.501. The molecule has 1 aromatic heterocycles. The SMILES string of the molecule is CN1Cc2c(-c3cccc4ccccc34)cc3c(N=O)c(O)[nH]c3c2C1. The highest BCUT2D eigenvalue weighted by Gasteiger charge is 2.26. The number of rotatable bonds is 2. The molecule has 1 aliphatic rings. The van der Waals surface area contributed by atoms with Crippen molar-refractivity contribution < 1.29 is 5.11 Å². The van der Waals surface area contributed by atoms with Crippen molar-refractivity contribution in [2.45, 2.75) is 13.1 Å². The lowest BCUT2D eigenvalue weighted by Crippen LogP contribution is -2.07. The first-order valence-electron chi connectivity index (χ1n) is 8.57. The van der Waals surface area contributed by atoms with Crippen molar-refractivity contribution in [1.82, 2.24) is 9.88 Å². The number of hydrogen-bond acceptors (Lipinski definition) is 4. The van der Waals surface area contributed by atoms with Crippen LogP contribution in [0.25, 0.3) is 32.8 Å². The van der Waals surface area contributed by atoms with Crippen LogP contribution in [0.5, 0.6) is 5.88 Å². The van der Waals surface area contributed by atoms with Crippen molar-refractivity contribution in [3.8, 4) is 17.0 Å². The second-order valence-corrected chi connectivity index (χ2v) is 6.92. The predicted molar refractivity (Wildman–Crippen MR) is 104 cm³/mol. The summed E-state index contributed by atoms with van der Waals surface area (Å²) in [6, 6.07) is 16.6. The van der Waals surface area contributed by atoms with Gasteiger partial charge in [-0.05, 0) is 51.3 Å². The average Bonchev–Trinajstić information content (AvgIpc) is 3.19. The summed E-state index contributed by atoms with van der Waals surface area (Å²) in [4.78, 5) is 16.5. The zero-order valence-electron chi connectivity index (χ0n) is 14.3. The number of nitrogens with one attached hydrogen (secondary N) is 1. The molecule has 1 aliphatic heterocycles. The lowest BCUT2D eigenvalue weighted by atomic mass is 9.91. The van der Waals surface area contributed by atoms with Crippen molar-refractivity contribution in [1.29, 1.82) is 0 Å². The van der Waals surface area contributed by atoms with Crippen molar-refractivity contribution in [3.05, 3.63) is 64.6 Å². The van der Waals surface area contributed by atoms with Crippen LogP contribution in [0, 0.1) is 4.91 Å². The molecule has 0 fully saturated rings. The smallest absolute Gasteiger partial charge is 0.219 e. The van der Waals surface area contributed by atoms with Gasteiger partial charge in [0.15, 0.2) is 5.69 Å². The minimum Gasteiger partial charge on any atom is -0.493 e. The molecular formula is C21H17N3O2. The van der Waals surface area contributed by atoms with E-state index in [-0.39, 0.29) is 11.6 Å². The largest absolute Gasteiger partial charge is 0.493 e. The van der Waals surface area contributed by atoms with Crippen LogP contribution in [0.2, 0.25) is 0 Å². The number of aromatic nitrogens is 1. The molecule has 4 aromatic rings. The molecule has 5 rings (SSSR count). The Kier molecular flexibility index (Phi) is 3.14. The fraction of sp³-hybridized carbons (Fsp3) is 0.143. The van der Waals surface area contributed by atoms with Crippen LogP contribution in [0.3, 0.4) is 0 Å². The Labute approximate surface area is 149 Å². The molecule has 0 saturated carbocycles. The molecule has 2 heterocycles. The molecule has 0 unspecified atom stereocenters. The van der Waals surface area contributed by atoms with Gasteiger partial charge < -0.3 is 10.1 Å². The number of benzene rings is 3. The first-order chi connectivity index (χ1) is 12.7. The molecular weight excluding hydrogens is 326 g/mol. The monoisotopic (exact) mass is 343 g/mol. The van der Waals surface area contributed by atoms with Gasteiger partial charge in [-0.25, -0.2) is 0 Å². The highest BCUT2D eigenvalue weighted by molar-refractivity contribution is 6.04. The summed E-state index contributed by atoms with van der Waals surface area (Å²) < 4.78 is 0. The van der Waals surface area contributed by atoms with Gasteiger partial charge in [-0.15, -0.1) is 4.91 Å². The number of nitrogens with zero attached hydrogens (tertiary/aromatic N) is 2. The van der Waals surface area contributed by atoms with Crippen molar-refractivity contribution in [2.24, 2.45) is 5.18 Å². The summed E-state index contributed by atoms with van der Waals surface area (Å²) in [6.07, 6.45) is 0. The number of nitroso groups, excluding NO2 is 1. The maximum absolute atomic E-state index is 11.3. The van der Waals surface area contributed by atoms with E-state index in [4.69, 9.17) is 0 Å². The van der Waals surface area contributed by atoms with E-state index in [1.165, 1.54) is 16.3 Å². The minimum atomic E-state index is -0.165. The predicted octanol–water partition coefficient (Wildman–Crippen LogP) is 5.04. The second kappa shape index (κ2) is 5.41. The van der Waals surface area contributed by atoms with E-state index in [1.807, 2.05) is 18.2 Å². The Morgan fingerprint density at radius 3 is 2.62 bits per heavy atom. The fourth-order valence-corrected chi connectivity index (χ4v) is 4.16. The third-order valence-electron chi connectivity index (χ3n) is 5.30. The molecule has 0 aliphatic carbocycles. The standard InChI is InChI=1S/C21H17N3O2/c1-24-10-17-15(14-8-4-6-12-5-2-3-7-13(12)14)9-16-19(18(17)11-24)22-21(25)20(16)23-26/h2-9,22,25H,10-11H2,1H3. The summed E-state index contributed by atoms with van der Waals surface area (Å²) in [5.74, 6) is -0.165. The summed E-state index contributed by atoms with van der Waals surface area (Å²) in [5, 5.41) is 16.2. The van der Waals surface area contributed by atoms with Gasteiger partial charge in [-0.1, -0.05) is 42.5 Å². The van der Waals surface area contributed by atoms with E-state index >= 15 is 0 Å². The Hall–Kier alpha value is -3.18. The van der Waals surface area contributed by atoms with Crippen LogP contribution in [-0.4, -0.2) is 22.0 Å². The highest BCUT2D eigenvalue weighted by atomic mass is 16.3. The van der Waals surface area contributed by atoms with Gasteiger partial charge >= 0.3 is 0 Å². The summed E-state index contributed by atoms with van der Waals surface area (Å²) >= 11 is 0. The van der Waals surface area contributed by atoms with Crippen molar-refractivity contribution in [3.63, 3.8) is 0 Å². The normalized spacial score (nSPS) is 14.2. The van der Waals surface area contributed by atoms with Gasteiger partial charge in [0, 0.05) is 18.5 Å². The maximum atomic E-state index is 11.3. The zero-order valence-corrected chi connectivity index (χ0v) is 14.3. The summed E-state index contributed by atoms with van der Waals surface area (Å²) in [5.41, 5.74) is 5.47. The molecule has 0 atom stereocenters. The van der Waals surface area contributed by atoms with E-state index in [0.717, 1.165) is 35.3 Å². The lowest BCUT2D eigenvalue weighted by Gasteiger charge is -2.13. The van der Waals surface area contributed by atoms with Gasteiger partial charge in [0.1, 0.15) is 0 Å². The molecule has 2 N–H and O–H groups in total. The molecule has 0 spiro atoms. The number of aromatic amines is 1. The molecule has 0 amide bonds. The number of aromatic hydroxyl groups is 1. The lowest BCUT2D eigenvalue weighted by molar-refractivity contribution is 0.354. The first kappa shape index (κ1) is 15.1. The zero-order chi connectivity index (χ0) is 17.8. The van der Waals surface area contributed by atoms with Gasteiger partial charge in [0.05, 0.1) is 5.52 Å². The van der Waals surface area contributed by atoms with Crippen molar-refractivity contribution >= 4 is 27.4 Å². The minimum absolute atomic E-state index is 0.0823. The summed E-state index contributed by atoms with van der Waals surface area (Å²) in [7, 11) is 2.07. The second-order valence-electron chi connectivity index (χ2n) is 6.92. The number of fused-ring (bicyclic) bond motifs is 4.